The number of carbonyl (C=O) groups is 1. The van der Waals surface area contributed by atoms with E-state index < -0.39 is 0 Å². The van der Waals surface area contributed by atoms with Crippen LogP contribution in [0.5, 0.6) is 5.75 Å². The summed E-state index contributed by atoms with van der Waals surface area (Å²) in [6.07, 6.45) is 1.92. The van der Waals surface area contributed by atoms with Crippen molar-refractivity contribution in [3.05, 3.63) is 83.4 Å². The second-order valence-corrected chi connectivity index (χ2v) is 6.03. The molecule has 7 heteroatoms. The van der Waals surface area contributed by atoms with Crippen LogP contribution in [0, 0.1) is 5.82 Å². The molecule has 2 N–H and O–H groups in total. The van der Waals surface area contributed by atoms with E-state index in [2.05, 4.69) is 20.6 Å². The molecule has 1 heterocycles. The third-order valence-corrected chi connectivity index (χ3v) is 4.16. The number of methoxy groups -OCH3 is 1. The highest BCUT2D eigenvalue weighted by atomic mass is 19.1. The molecule has 0 aliphatic rings. The number of para-hydroxylation sites is 1. The number of nitrogens with zero attached hydrogens (tertiary/aromatic N) is 2. The van der Waals surface area contributed by atoms with E-state index in [9.17, 15) is 9.18 Å². The molecule has 0 spiro atoms. The zero-order valence-electron chi connectivity index (χ0n) is 15.5. The van der Waals surface area contributed by atoms with Crippen LogP contribution in [0.2, 0.25) is 0 Å². The summed E-state index contributed by atoms with van der Waals surface area (Å²) in [6, 6.07) is 15.7. The van der Waals surface area contributed by atoms with Crippen molar-refractivity contribution in [2.45, 2.75) is 13.0 Å². The van der Waals surface area contributed by atoms with Crippen molar-refractivity contribution in [3.8, 4) is 5.75 Å². The smallest absolute Gasteiger partial charge is 0.270 e. The van der Waals surface area contributed by atoms with Crippen LogP contribution in [-0.4, -0.2) is 29.5 Å². The van der Waals surface area contributed by atoms with E-state index in [-0.39, 0.29) is 17.4 Å². The maximum atomic E-state index is 13.6. The summed E-state index contributed by atoms with van der Waals surface area (Å²) in [6.45, 7) is 0.774. The Hall–Kier alpha value is -3.48. The summed E-state index contributed by atoms with van der Waals surface area (Å²) >= 11 is 0. The quantitative estimate of drug-likeness (QED) is 0.628. The number of halogens is 1. The van der Waals surface area contributed by atoms with Gasteiger partial charge in [0.05, 0.1) is 7.11 Å². The van der Waals surface area contributed by atoms with Gasteiger partial charge in [-0.25, -0.2) is 14.4 Å². The van der Waals surface area contributed by atoms with Crippen LogP contribution in [-0.2, 0) is 13.0 Å². The number of benzene rings is 2. The Kier molecular flexibility index (Phi) is 6.51. The van der Waals surface area contributed by atoms with E-state index >= 15 is 0 Å². The fourth-order valence-corrected chi connectivity index (χ4v) is 2.70. The highest BCUT2D eigenvalue weighted by Crippen LogP contribution is 2.18. The van der Waals surface area contributed by atoms with Crippen molar-refractivity contribution in [1.82, 2.24) is 15.3 Å². The Bertz CT molecular complexity index is 949. The van der Waals surface area contributed by atoms with E-state index in [1.54, 1.807) is 25.3 Å². The molecule has 0 saturated carbocycles. The van der Waals surface area contributed by atoms with Gasteiger partial charge in [0.15, 0.2) is 0 Å². The molecule has 0 aliphatic heterocycles. The van der Waals surface area contributed by atoms with E-state index in [4.69, 9.17) is 4.74 Å². The van der Waals surface area contributed by atoms with E-state index in [1.165, 1.54) is 18.3 Å². The summed E-state index contributed by atoms with van der Waals surface area (Å²) in [5.74, 6) is 0.491. The Labute approximate surface area is 162 Å². The van der Waals surface area contributed by atoms with Crippen LogP contribution in [0.25, 0.3) is 0 Å². The Morgan fingerprint density at radius 2 is 1.82 bits per heavy atom. The Balaban J connectivity index is 1.56. The number of anilines is 1. The van der Waals surface area contributed by atoms with Gasteiger partial charge in [-0.1, -0.05) is 36.4 Å². The highest BCUT2D eigenvalue weighted by molar-refractivity contribution is 5.92. The molecule has 2 aromatic carbocycles. The van der Waals surface area contributed by atoms with Gasteiger partial charge >= 0.3 is 0 Å². The first-order chi connectivity index (χ1) is 13.7. The summed E-state index contributed by atoms with van der Waals surface area (Å²) in [4.78, 5) is 20.7. The van der Waals surface area contributed by atoms with Gasteiger partial charge in [0.2, 0.25) is 5.95 Å². The molecule has 0 radical (unpaired) electrons. The number of hydrogen-bond acceptors (Lipinski definition) is 5. The molecule has 0 saturated heterocycles. The molecule has 0 unspecified atom stereocenters. The molecule has 0 bridgehead atoms. The minimum absolute atomic E-state index is 0.242. The van der Waals surface area contributed by atoms with Crippen molar-refractivity contribution >= 4 is 11.9 Å². The summed E-state index contributed by atoms with van der Waals surface area (Å²) in [5, 5.41) is 5.84. The standard InChI is InChI=1S/C21H21FN4O2/c1-28-19-9-5-3-7-16(19)14-25-21-24-13-11-18(26-21)20(27)23-12-10-15-6-2-4-8-17(15)22/h2-9,11,13H,10,12,14H2,1H3,(H,23,27)(H,24,25,26). The first-order valence-electron chi connectivity index (χ1n) is 8.88. The second-order valence-electron chi connectivity index (χ2n) is 6.03. The maximum Gasteiger partial charge on any atom is 0.270 e. The van der Waals surface area contributed by atoms with Crippen molar-refractivity contribution < 1.29 is 13.9 Å². The average Bonchev–Trinajstić information content (AvgIpc) is 2.74. The van der Waals surface area contributed by atoms with Crippen LogP contribution in [0.1, 0.15) is 21.6 Å². The second kappa shape index (κ2) is 9.45. The van der Waals surface area contributed by atoms with Gasteiger partial charge < -0.3 is 15.4 Å². The zero-order chi connectivity index (χ0) is 19.8. The molecule has 0 aliphatic carbocycles. The number of carbonyl (C=O) groups excluding carboxylic acids is 1. The van der Waals surface area contributed by atoms with E-state index in [0.717, 1.165) is 11.3 Å². The molecule has 144 valence electrons. The number of ether oxygens (including phenoxy) is 1. The lowest BCUT2D eigenvalue weighted by atomic mass is 10.1. The summed E-state index contributed by atoms with van der Waals surface area (Å²) in [5.41, 5.74) is 1.75. The third-order valence-electron chi connectivity index (χ3n) is 4.16. The van der Waals surface area contributed by atoms with E-state index in [1.807, 2.05) is 24.3 Å². The lowest BCUT2D eigenvalue weighted by Gasteiger charge is -2.10. The lowest BCUT2D eigenvalue weighted by Crippen LogP contribution is -2.27. The van der Waals surface area contributed by atoms with Crippen LogP contribution >= 0.6 is 0 Å². The third kappa shape index (κ3) is 5.03. The molecule has 1 amide bonds. The van der Waals surface area contributed by atoms with Crippen molar-refractivity contribution in [2.24, 2.45) is 0 Å². The van der Waals surface area contributed by atoms with Crippen molar-refractivity contribution in [1.29, 1.82) is 0 Å². The monoisotopic (exact) mass is 380 g/mol. The normalized spacial score (nSPS) is 10.4. The number of amides is 1. The van der Waals surface area contributed by atoms with Gasteiger partial charge in [-0.05, 0) is 30.2 Å². The summed E-state index contributed by atoms with van der Waals surface area (Å²) < 4.78 is 18.9. The molecule has 6 nitrogen and oxygen atoms in total. The number of nitrogens with one attached hydrogen (secondary N) is 2. The molecule has 0 fully saturated rings. The molecule has 3 rings (SSSR count). The maximum absolute atomic E-state index is 13.6. The SMILES string of the molecule is COc1ccccc1CNc1nccc(C(=O)NCCc2ccccc2F)n1. The minimum atomic E-state index is -0.334. The molecule has 1 aromatic heterocycles. The molecular formula is C21H21FN4O2. The molecular weight excluding hydrogens is 359 g/mol. The lowest BCUT2D eigenvalue weighted by molar-refractivity contribution is 0.0949. The van der Waals surface area contributed by atoms with Gasteiger partial charge in [0.1, 0.15) is 17.3 Å². The van der Waals surface area contributed by atoms with Crippen LogP contribution in [0.3, 0.4) is 0 Å². The van der Waals surface area contributed by atoms with Gasteiger partial charge in [-0.2, -0.15) is 0 Å². The Morgan fingerprint density at radius 1 is 1.07 bits per heavy atom. The zero-order valence-corrected chi connectivity index (χ0v) is 15.5. The fourth-order valence-electron chi connectivity index (χ4n) is 2.70. The van der Waals surface area contributed by atoms with Crippen molar-refractivity contribution in [3.63, 3.8) is 0 Å². The fraction of sp³-hybridized carbons (Fsp3) is 0.190. The minimum Gasteiger partial charge on any atom is -0.496 e. The number of rotatable bonds is 8. The predicted molar refractivity (Wildman–Crippen MR) is 105 cm³/mol. The van der Waals surface area contributed by atoms with Crippen LogP contribution in [0.4, 0.5) is 10.3 Å². The molecule has 28 heavy (non-hydrogen) atoms. The van der Waals surface area contributed by atoms with Gasteiger partial charge in [0, 0.05) is 24.8 Å². The van der Waals surface area contributed by atoms with E-state index in [0.29, 0.717) is 31.0 Å². The first-order valence-corrected chi connectivity index (χ1v) is 8.88. The number of hydrogen-bond donors (Lipinski definition) is 2. The highest BCUT2D eigenvalue weighted by Gasteiger charge is 2.10. The van der Waals surface area contributed by atoms with Crippen LogP contribution < -0.4 is 15.4 Å². The topological polar surface area (TPSA) is 76.1 Å². The molecule has 3 aromatic rings. The number of aromatic nitrogens is 2. The van der Waals surface area contributed by atoms with Crippen LogP contribution in [0.15, 0.2) is 60.8 Å². The molecule has 0 atom stereocenters. The predicted octanol–water partition coefficient (Wildman–Crippen LogP) is 3.21. The largest absolute Gasteiger partial charge is 0.496 e. The van der Waals surface area contributed by atoms with Gasteiger partial charge in [-0.3, -0.25) is 4.79 Å². The summed E-state index contributed by atoms with van der Waals surface area (Å²) in [7, 11) is 1.61. The van der Waals surface area contributed by atoms with Gasteiger partial charge in [0.25, 0.3) is 5.91 Å². The Morgan fingerprint density at radius 3 is 2.61 bits per heavy atom. The van der Waals surface area contributed by atoms with Crippen molar-refractivity contribution in [2.75, 3.05) is 19.0 Å². The average molecular weight is 380 g/mol. The van der Waals surface area contributed by atoms with Gasteiger partial charge in [-0.15, -0.1) is 0 Å². The first kappa shape index (κ1) is 19.3.